The molecule has 156 valence electrons. The Balaban J connectivity index is 1.64. The fraction of sp³-hybridized carbons (Fsp3) is 0.381. The van der Waals surface area contributed by atoms with Crippen molar-refractivity contribution in [1.82, 2.24) is 9.62 Å². The molecule has 2 aromatic carbocycles. The van der Waals surface area contributed by atoms with Crippen LogP contribution in [0.15, 0.2) is 53.4 Å². The van der Waals surface area contributed by atoms with Gasteiger partial charge in [0.05, 0.1) is 17.4 Å². The Morgan fingerprint density at radius 3 is 2.66 bits per heavy atom. The van der Waals surface area contributed by atoms with E-state index in [1.54, 1.807) is 0 Å². The first-order valence-corrected chi connectivity index (χ1v) is 11.1. The van der Waals surface area contributed by atoms with Gasteiger partial charge in [-0.3, -0.25) is 4.79 Å². The summed E-state index contributed by atoms with van der Waals surface area (Å²) in [6, 6.07) is 12.2. The first kappa shape index (κ1) is 21.3. The highest BCUT2D eigenvalue weighted by Crippen LogP contribution is 2.24. The number of halogens is 1. The zero-order valence-electron chi connectivity index (χ0n) is 16.3. The van der Waals surface area contributed by atoms with Crippen LogP contribution in [0.4, 0.5) is 4.39 Å². The molecular formula is C21H25FN2O4S. The summed E-state index contributed by atoms with van der Waals surface area (Å²) in [6.07, 6.45) is 1.21. The Labute approximate surface area is 170 Å². The lowest BCUT2D eigenvalue weighted by Crippen LogP contribution is -2.45. The fourth-order valence-corrected chi connectivity index (χ4v) is 4.93. The molecule has 0 radical (unpaired) electrons. The zero-order chi connectivity index (χ0) is 20.9. The number of carbonyl (C=O) groups is 1. The SMILES string of the molecule is CCOc1ccccc1CNC(=O)[C@H]1CCCN(S(=O)(=O)c2ccc(F)cc2)C1. The van der Waals surface area contributed by atoms with E-state index < -0.39 is 21.8 Å². The number of benzene rings is 2. The Morgan fingerprint density at radius 2 is 1.93 bits per heavy atom. The summed E-state index contributed by atoms with van der Waals surface area (Å²) in [5.41, 5.74) is 0.870. The highest BCUT2D eigenvalue weighted by atomic mass is 32.2. The molecule has 1 heterocycles. The molecule has 0 bridgehead atoms. The second kappa shape index (κ2) is 9.37. The monoisotopic (exact) mass is 420 g/mol. The van der Waals surface area contributed by atoms with E-state index in [4.69, 9.17) is 4.74 Å². The van der Waals surface area contributed by atoms with Crippen molar-refractivity contribution < 1.29 is 22.3 Å². The predicted octanol–water partition coefficient (Wildman–Crippen LogP) is 2.94. The molecule has 29 heavy (non-hydrogen) atoms. The average Bonchev–Trinajstić information content (AvgIpc) is 2.73. The third-order valence-corrected chi connectivity index (χ3v) is 6.81. The zero-order valence-corrected chi connectivity index (χ0v) is 17.1. The van der Waals surface area contributed by atoms with Gasteiger partial charge in [-0.05, 0) is 50.1 Å². The fourth-order valence-electron chi connectivity index (χ4n) is 3.40. The Hall–Kier alpha value is -2.45. The molecule has 8 heteroatoms. The Morgan fingerprint density at radius 1 is 1.21 bits per heavy atom. The van der Waals surface area contributed by atoms with Gasteiger partial charge < -0.3 is 10.1 Å². The number of rotatable bonds is 7. The van der Waals surface area contributed by atoms with Gasteiger partial charge in [0.1, 0.15) is 11.6 Å². The first-order chi connectivity index (χ1) is 13.9. The van der Waals surface area contributed by atoms with Crippen molar-refractivity contribution in [3.05, 3.63) is 59.9 Å². The maximum Gasteiger partial charge on any atom is 0.243 e. The molecule has 0 aromatic heterocycles. The number of hydrogen-bond donors (Lipinski definition) is 1. The molecule has 1 aliphatic heterocycles. The molecule has 1 fully saturated rings. The van der Waals surface area contributed by atoms with Crippen molar-refractivity contribution >= 4 is 15.9 Å². The quantitative estimate of drug-likeness (QED) is 0.747. The lowest BCUT2D eigenvalue weighted by molar-refractivity contribution is -0.126. The summed E-state index contributed by atoms with van der Waals surface area (Å²) in [5.74, 6) is -0.389. The van der Waals surface area contributed by atoms with Crippen molar-refractivity contribution in [3.63, 3.8) is 0 Å². The average molecular weight is 421 g/mol. The van der Waals surface area contributed by atoms with Crippen LogP contribution >= 0.6 is 0 Å². The molecule has 1 amide bonds. The summed E-state index contributed by atoms with van der Waals surface area (Å²) < 4.78 is 45.6. The molecular weight excluding hydrogens is 395 g/mol. The van der Waals surface area contributed by atoms with Crippen molar-refractivity contribution in [2.45, 2.75) is 31.2 Å². The van der Waals surface area contributed by atoms with Gasteiger partial charge in [0.2, 0.25) is 15.9 Å². The molecule has 6 nitrogen and oxygen atoms in total. The number of hydrogen-bond acceptors (Lipinski definition) is 4. The Bertz CT molecular complexity index is 947. The number of nitrogens with one attached hydrogen (secondary N) is 1. The largest absolute Gasteiger partial charge is 0.494 e. The normalized spacial score (nSPS) is 17.7. The highest BCUT2D eigenvalue weighted by Gasteiger charge is 2.33. The number of nitrogens with zero attached hydrogens (tertiary/aromatic N) is 1. The van der Waals surface area contributed by atoms with Gasteiger partial charge in [-0.15, -0.1) is 0 Å². The maximum absolute atomic E-state index is 13.1. The van der Waals surface area contributed by atoms with Gasteiger partial charge in [-0.1, -0.05) is 18.2 Å². The number of carbonyl (C=O) groups excluding carboxylic acids is 1. The minimum atomic E-state index is -3.76. The third-order valence-electron chi connectivity index (χ3n) is 4.93. The number of piperidine rings is 1. The van der Waals surface area contributed by atoms with Crippen LogP contribution in [0.3, 0.4) is 0 Å². The summed E-state index contributed by atoms with van der Waals surface area (Å²) >= 11 is 0. The van der Waals surface area contributed by atoms with Crippen molar-refractivity contribution in [1.29, 1.82) is 0 Å². The van der Waals surface area contributed by atoms with E-state index in [0.717, 1.165) is 23.4 Å². The van der Waals surface area contributed by atoms with Gasteiger partial charge >= 0.3 is 0 Å². The van der Waals surface area contributed by atoms with Crippen LogP contribution in [-0.2, 0) is 21.4 Å². The van der Waals surface area contributed by atoms with E-state index in [1.165, 1.54) is 16.4 Å². The van der Waals surface area contributed by atoms with Crippen LogP contribution < -0.4 is 10.1 Å². The van der Waals surface area contributed by atoms with Crippen LogP contribution in [0.1, 0.15) is 25.3 Å². The number of ether oxygens (including phenoxy) is 1. The van der Waals surface area contributed by atoms with Crippen LogP contribution in [0, 0.1) is 11.7 Å². The third kappa shape index (κ3) is 5.13. The van der Waals surface area contributed by atoms with Gasteiger partial charge in [0, 0.05) is 25.2 Å². The van der Waals surface area contributed by atoms with Crippen LogP contribution in [0.2, 0.25) is 0 Å². The smallest absolute Gasteiger partial charge is 0.243 e. The molecule has 0 spiro atoms. The molecule has 0 aliphatic carbocycles. The van der Waals surface area contributed by atoms with E-state index >= 15 is 0 Å². The van der Waals surface area contributed by atoms with Crippen molar-refractivity contribution in [2.24, 2.45) is 5.92 Å². The number of sulfonamides is 1. The second-order valence-corrected chi connectivity index (χ2v) is 8.85. The molecule has 1 N–H and O–H groups in total. The Kier molecular flexibility index (Phi) is 6.87. The highest BCUT2D eigenvalue weighted by molar-refractivity contribution is 7.89. The van der Waals surface area contributed by atoms with Gasteiger partial charge in [-0.2, -0.15) is 4.31 Å². The van der Waals surface area contributed by atoms with E-state index in [-0.39, 0.29) is 17.3 Å². The van der Waals surface area contributed by atoms with Gasteiger partial charge in [0.15, 0.2) is 0 Å². The summed E-state index contributed by atoms with van der Waals surface area (Å²) in [5, 5.41) is 2.90. The molecule has 1 aliphatic rings. The van der Waals surface area contributed by atoms with Crippen LogP contribution in [-0.4, -0.2) is 38.3 Å². The van der Waals surface area contributed by atoms with Crippen LogP contribution in [0.5, 0.6) is 5.75 Å². The van der Waals surface area contributed by atoms with Crippen molar-refractivity contribution in [2.75, 3.05) is 19.7 Å². The van der Waals surface area contributed by atoms with Crippen LogP contribution in [0.25, 0.3) is 0 Å². The maximum atomic E-state index is 13.1. The van der Waals surface area contributed by atoms with Crippen molar-refractivity contribution in [3.8, 4) is 5.75 Å². The predicted molar refractivity (Wildman–Crippen MR) is 107 cm³/mol. The molecule has 1 atom stereocenters. The second-order valence-electron chi connectivity index (χ2n) is 6.91. The molecule has 0 unspecified atom stereocenters. The summed E-state index contributed by atoms with van der Waals surface area (Å²) in [6.45, 7) is 3.20. The van der Waals surface area contributed by atoms with E-state index in [2.05, 4.69) is 5.32 Å². The summed E-state index contributed by atoms with van der Waals surface area (Å²) in [7, 11) is -3.76. The molecule has 2 aromatic rings. The number of para-hydroxylation sites is 1. The minimum Gasteiger partial charge on any atom is -0.494 e. The van der Waals surface area contributed by atoms with E-state index in [0.29, 0.717) is 32.5 Å². The lowest BCUT2D eigenvalue weighted by atomic mass is 9.98. The molecule has 0 saturated carbocycles. The van der Waals surface area contributed by atoms with Gasteiger partial charge in [-0.25, -0.2) is 12.8 Å². The lowest BCUT2D eigenvalue weighted by Gasteiger charge is -2.31. The van der Waals surface area contributed by atoms with E-state index in [1.807, 2.05) is 31.2 Å². The standard InChI is InChI=1S/C21H25FN2O4S/c1-2-28-20-8-4-3-6-16(20)14-23-21(25)17-7-5-13-24(15-17)29(26,27)19-11-9-18(22)10-12-19/h3-4,6,8-12,17H,2,5,7,13-15H2,1H3,(H,23,25)/t17-/m0/s1. The summed E-state index contributed by atoms with van der Waals surface area (Å²) in [4.78, 5) is 12.7. The minimum absolute atomic E-state index is 0.0330. The van der Waals surface area contributed by atoms with Gasteiger partial charge in [0.25, 0.3) is 0 Å². The van der Waals surface area contributed by atoms with E-state index in [9.17, 15) is 17.6 Å². The first-order valence-electron chi connectivity index (χ1n) is 9.66. The number of amides is 1. The topological polar surface area (TPSA) is 75.7 Å². The molecule has 3 rings (SSSR count). The molecule has 1 saturated heterocycles.